The van der Waals surface area contributed by atoms with Crippen molar-refractivity contribution in [3.63, 3.8) is 0 Å². The van der Waals surface area contributed by atoms with Crippen molar-refractivity contribution in [2.75, 3.05) is 7.11 Å². The fraction of sp³-hybridized carbons (Fsp3) is 0.333. The van der Waals surface area contributed by atoms with Gasteiger partial charge in [0.15, 0.2) is 12.4 Å². The van der Waals surface area contributed by atoms with Crippen LogP contribution in [0.1, 0.15) is 5.56 Å². The number of rotatable bonds is 2. The highest BCUT2D eigenvalue weighted by Crippen LogP contribution is 1.89. The van der Waals surface area contributed by atoms with E-state index < -0.39 is 0 Å². The van der Waals surface area contributed by atoms with Crippen molar-refractivity contribution in [3.05, 3.63) is 30.1 Å². The Morgan fingerprint density at radius 2 is 2.42 bits per heavy atom. The summed E-state index contributed by atoms with van der Waals surface area (Å²) >= 11 is 0. The van der Waals surface area contributed by atoms with Gasteiger partial charge in [-0.2, -0.15) is 4.57 Å². The van der Waals surface area contributed by atoms with Gasteiger partial charge >= 0.3 is 5.97 Å². The van der Waals surface area contributed by atoms with Gasteiger partial charge in [-0.15, -0.1) is 0 Å². The summed E-state index contributed by atoms with van der Waals surface area (Å²) in [6, 6.07) is 3.88. The summed E-state index contributed by atoms with van der Waals surface area (Å²) in [4.78, 5) is 10.8. The van der Waals surface area contributed by atoms with Crippen LogP contribution in [0.5, 0.6) is 0 Å². The van der Waals surface area contributed by atoms with Crippen molar-refractivity contribution in [3.8, 4) is 0 Å². The van der Waals surface area contributed by atoms with Gasteiger partial charge in [0.1, 0.15) is 0 Å². The molecule has 0 bridgehead atoms. The maximum atomic E-state index is 10.8. The first kappa shape index (κ1) is 8.71. The van der Waals surface area contributed by atoms with Crippen LogP contribution in [-0.2, 0) is 16.1 Å². The third kappa shape index (κ3) is 2.34. The molecule has 0 spiro atoms. The summed E-state index contributed by atoms with van der Waals surface area (Å²) in [6.45, 7) is 2.26. The van der Waals surface area contributed by atoms with Crippen molar-refractivity contribution in [2.45, 2.75) is 13.5 Å². The maximum absolute atomic E-state index is 10.8. The lowest BCUT2D eigenvalue weighted by molar-refractivity contribution is -0.686. The summed E-state index contributed by atoms with van der Waals surface area (Å²) < 4.78 is 6.33. The number of aromatic nitrogens is 1. The van der Waals surface area contributed by atoms with Crippen LogP contribution in [0.3, 0.4) is 0 Å². The maximum Gasteiger partial charge on any atom is 0.372 e. The van der Waals surface area contributed by atoms with E-state index in [4.69, 9.17) is 0 Å². The molecule has 0 radical (unpaired) electrons. The standard InChI is InChI=1S/C9H12NO2/c1-8-4-3-5-10(6-8)7-9(11)12-2/h3-6H,7H2,1-2H3/q+1. The highest BCUT2D eigenvalue weighted by molar-refractivity contribution is 5.67. The van der Waals surface area contributed by atoms with Gasteiger partial charge in [0.25, 0.3) is 0 Å². The summed E-state index contributed by atoms with van der Waals surface area (Å²) in [5.41, 5.74) is 1.13. The largest absolute Gasteiger partial charge is 0.464 e. The van der Waals surface area contributed by atoms with Gasteiger partial charge in [0, 0.05) is 11.6 Å². The monoisotopic (exact) mass is 166 g/mol. The molecule has 0 unspecified atom stereocenters. The van der Waals surface area contributed by atoms with E-state index in [1.807, 2.05) is 31.5 Å². The van der Waals surface area contributed by atoms with E-state index in [9.17, 15) is 4.79 Å². The zero-order valence-corrected chi connectivity index (χ0v) is 7.28. The molecule has 0 amide bonds. The Labute approximate surface area is 71.6 Å². The molecule has 1 aromatic rings. The summed E-state index contributed by atoms with van der Waals surface area (Å²) in [6.07, 6.45) is 3.74. The number of ether oxygens (including phenoxy) is 1. The first-order valence-corrected chi connectivity index (χ1v) is 3.75. The molecule has 0 atom stereocenters. The topological polar surface area (TPSA) is 30.2 Å². The normalized spacial score (nSPS) is 9.50. The number of nitrogens with zero attached hydrogens (tertiary/aromatic N) is 1. The molecule has 0 saturated heterocycles. The molecule has 0 aliphatic carbocycles. The molecule has 1 aromatic heterocycles. The number of aryl methyl sites for hydroxylation is 1. The number of pyridine rings is 1. The van der Waals surface area contributed by atoms with Crippen LogP contribution in [0.25, 0.3) is 0 Å². The van der Waals surface area contributed by atoms with Crippen LogP contribution in [0, 0.1) is 6.92 Å². The molecule has 64 valence electrons. The second-order valence-electron chi connectivity index (χ2n) is 2.63. The number of hydrogen-bond donors (Lipinski definition) is 0. The average Bonchev–Trinajstić information content (AvgIpc) is 2.04. The lowest BCUT2D eigenvalue weighted by Gasteiger charge is -1.95. The van der Waals surface area contributed by atoms with Crippen LogP contribution >= 0.6 is 0 Å². The summed E-state index contributed by atoms with van der Waals surface area (Å²) in [5.74, 6) is -0.231. The molecule has 0 saturated carbocycles. The molecule has 0 aromatic carbocycles. The van der Waals surface area contributed by atoms with Gasteiger partial charge in [-0.05, 0) is 13.0 Å². The Bertz CT molecular complexity index is 284. The fourth-order valence-electron chi connectivity index (χ4n) is 0.965. The molecular weight excluding hydrogens is 154 g/mol. The first-order valence-electron chi connectivity index (χ1n) is 3.75. The Morgan fingerprint density at radius 1 is 1.67 bits per heavy atom. The molecule has 1 heterocycles. The second-order valence-corrected chi connectivity index (χ2v) is 2.63. The minimum absolute atomic E-state index is 0.231. The Morgan fingerprint density at radius 3 is 3.00 bits per heavy atom. The minimum atomic E-state index is -0.231. The van der Waals surface area contributed by atoms with Gasteiger partial charge in [-0.1, -0.05) is 0 Å². The molecule has 0 aliphatic heterocycles. The summed E-state index contributed by atoms with van der Waals surface area (Å²) in [7, 11) is 1.39. The smallest absolute Gasteiger partial charge is 0.372 e. The molecular formula is C9H12NO2+. The van der Waals surface area contributed by atoms with Gasteiger partial charge in [0.2, 0.25) is 6.54 Å². The molecule has 12 heavy (non-hydrogen) atoms. The number of carbonyl (C=O) groups excluding carboxylic acids is 1. The van der Waals surface area contributed by atoms with E-state index in [2.05, 4.69) is 4.74 Å². The highest BCUT2D eigenvalue weighted by atomic mass is 16.5. The number of esters is 1. The Balaban J connectivity index is 2.69. The number of methoxy groups -OCH3 is 1. The molecule has 3 heteroatoms. The molecule has 1 rings (SSSR count). The quantitative estimate of drug-likeness (QED) is 0.472. The van der Waals surface area contributed by atoms with E-state index in [1.54, 1.807) is 4.57 Å². The van der Waals surface area contributed by atoms with Crippen LogP contribution < -0.4 is 4.57 Å². The van der Waals surface area contributed by atoms with Crippen LogP contribution in [0.15, 0.2) is 24.5 Å². The minimum Gasteiger partial charge on any atom is -0.464 e. The van der Waals surface area contributed by atoms with Crippen molar-refractivity contribution < 1.29 is 14.1 Å². The van der Waals surface area contributed by atoms with Crippen molar-refractivity contribution in [1.82, 2.24) is 0 Å². The third-order valence-corrected chi connectivity index (χ3v) is 1.55. The fourth-order valence-corrected chi connectivity index (χ4v) is 0.965. The van der Waals surface area contributed by atoms with Gasteiger partial charge in [-0.3, -0.25) is 0 Å². The third-order valence-electron chi connectivity index (χ3n) is 1.55. The summed E-state index contributed by atoms with van der Waals surface area (Å²) in [5, 5.41) is 0. The predicted octanol–water partition coefficient (Wildman–Crippen LogP) is 0.456. The number of carbonyl (C=O) groups is 1. The van der Waals surface area contributed by atoms with E-state index in [0.717, 1.165) is 5.56 Å². The van der Waals surface area contributed by atoms with Crippen molar-refractivity contribution in [2.24, 2.45) is 0 Å². The van der Waals surface area contributed by atoms with Crippen LogP contribution in [-0.4, -0.2) is 13.1 Å². The van der Waals surface area contributed by atoms with E-state index in [0.29, 0.717) is 0 Å². The van der Waals surface area contributed by atoms with Crippen molar-refractivity contribution >= 4 is 5.97 Å². The van der Waals surface area contributed by atoms with Crippen LogP contribution in [0.2, 0.25) is 0 Å². The van der Waals surface area contributed by atoms with Gasteiger partial charge in [-0.25, -0.2) is 4.79 Å². The molecule has 3 nitrogen and oxygen atoms in total. The molecule has 0 aliphatic rings. The lowest BCUT2D eigenvalue weighted by atomic mass is 10.3. The SMILES string of the molecule is COC(=O)C[n+]1cccc(C)c1. The van der Waals surface area contributed by atoms with Crippen molar-refractivity contribution in [1.29, 1.82) is 0 Å². The van der Waals surface area contributed by atoms with Gasteiger partial charge < -0.3 is 4.74 Å². The van der Waals surface area contributed by atoms with E-state index in [-0.39, 0.29) is 12.5 Å². The predicted molar refractivity (Wildman–Crippen MR) is 43.4 cm³/mol. The molecule has 0 N–H and O–H groups in total. The van der Waals surface area contributed by atoms with Gasteiger partial charge in [0.05, 0.1) is 7.11 Å². The van der Waals surface area contributed by atoms with Crippen LogP contribution in [0.4, 0.5) is 0 Å². The van der Waals surface area contributed by atoms with E-state index >= 15 is 0 Å². The highest BCUT2D eigenvalue weighted by Gasteiger charge is 2.07. The lowest BCUT2D eigenvalue weighted by Crippen LogP contribution is -2.37. The zero-order chi connectivity index (χ0) is 8.97. The second kappa shape index (κ2) is 3.85. The average molecular weight is 166 g/mol. The number of hydrogen-bond acceptors (Lipinski definition) is 2. The Kier molecular flexibility index (Phi) is 2.80. The first-order chi connectivity index (χ1) is 5.72. The zero-order valence-electron chi connectivity index (χ0n) is 7.28. The van der Waals surface area contributed by atoms with E-state index in [1.165, 1.54) is 7.11 Å². The molecule has 0 fully saturated rings. The Hall–Kier alpha value is -1.38.